The van der Waals surface area contributed by atoms with Crippen LogP contribution in [0.3, 0.4) is 0 Å². The van der Waals surface area contributed by atoms with Gasteiger partial charge in [-0.15, -0.1) is 0 Å². The largest absolute Gasteiger partial charge is 0.497 e. The molecule has 0 unspecified atom stereocenters. The first-order chi connectivity index (χ1) is 16.9. The molecule has 2 aromatic rings. The Morgan fingerprint density at radius 1 is 1.11 bits per heavy atom. The Labute approximate surface area is 205 Å². The highest BCUT2D eigenvalue weighted by Crippen LogP contribution is 2.24. The minimum Gasteiger partial charge on any atom is -0.497 e. The van der Waals surface area contributed by atoms with Gasteiger partial charge >= 0.3 is 0 Å². The molecule has 9 heteroatoms. The van der Waals surface area contributed by atoms with Gasteiger partial charge in [0.05, 0.1) is 18.7 Å². The number of nitrogens with zero attached hydrogens (tertiary/aromatic N) is 2. The van der Waals surface area contributed by atoms with Crippen molar-refractivity contribution >= 4 is 17.6 Å². The van der Waals surface area contributed by atoms with E-state index >= 15 is 0 Å². The number of ketones is 1. The first-order valence-electron chi connectivity index (χ1n) is 11.9. The molecule has 2 heterocycles. The topological polar surface area (TPSA) is 101 Å². The second-order valence-electron chi connectivity index (χ2n) is 8.65. The van der Waals surface area contributed by atoms with Gasteiger partial charge in [0, 0.05) is 37.3 Å². The van der Waals surface area contributed by atoms with E-state index in [0.717, 1.165) is 0 Å². The van der Waals surface area contributed by atoms with Crippen LogP contribution in [0.2, 0.25) is 0 Å². The molecule has 1 aliphatic heterocycles. The van der Waals surface area contributed by atoms with Gasteiger partial charge in [-0.1, -0.05) is 6.92 Å². The highest BCUT2D eigenvalue weighted by atomic mass is 19.1. The molecule has 0 bridgehead atoms. The number of rotatable bonds is 10. The number of aromatic nitrogens is 1. The van der Waals surface area contributed by atoms with Crippen molar-refractivity contribution in [2.24, 2.45) is 5.92 Å². The Morgan fingerprint density at radius 3 is 2.31 bits per heavy atom. The van der Waals surface area contributed by atoms with Crippen LogP contribution in [0.1, 0.15) is 57.4 Å². The molecular weight excluding hydrogens is 451 g/mol. The standard InChI is InChI=1S/C26H33FN4O4/c1-4-22(21(27)16-28-2)30-25(33)19-7-10-23(29-15-19)26(34)31-13-11-18(12-14-31)24(32)17-5-8-20(35-3)9-6-17/h5-10,15,18,21-22,28H,4,11-14,16H2,1-3H3,(H,30,33)/t21-,22-/m1/s1. The number of benzene rings is 1. The van der Waals surface area contributed by atoms with E-state index in [0.29, 0.717) is 43.7 Å². The molecule has 0 radical (unpaired) electrons. The predicted octanol–water partition coefficient (Wildman–Crippen LogP) is 2.89. The summed E-state index contributed by atoms with van der Waals surface area (Å²) in [6.07, 6.45) is 1.73. The number of hydrogen-bond acceptors (Lipinski definition) is 6. The van der Waals surface area contributed by atoms with Crippen molar-refractivity contribution < 1.29 is 23.5 Å². The van der Waals surface area contributed by atoms with Crippen LogP contribution in [0.25, 0.3) is 0 Å². The normalized spacial score (nSPS) is 15.8. The maximum Gasteiger partial charge on any atom is 0.272 e. The second-order valence-corrected chi connectivity index (χ2v) is 8.65. The molecule has 0 spiro atoms. The summed E-state index contributed by atoms with van der Waals surface area (Å²) in [6.45, 7) is 2.86. The summed E-state index contributed by atoms with van der Waals surface area (Å²) in [4.78, 5) is 44.0. The number of likely N-dealkylation sites (tertiary alicyclic amines) is 1. The molecule has 2 atom stereocenters. The molecule has 1 aromatic carbocycles. The molecule has 3 rings (SSSR count). The summed E-state index contributed by atoms with van der Waals surface area (Å²) < 4.78 is 19.3. The quantitative estimate of drug-likeness (QED) is 0.503. The Hall–Kier alpha value is -3.33. The summed E-state index contributed by atoms with van der Waals surface area (Å²) in [5, 5.41) is 5.45. The van der Waals surface area contributed by atoms with Crippen molar-refractivity contribution in [2.75, 3.05) is 33.8 Å². The molecule has 8 nitrogen and oxygen atoms in total. The van der Waals surface area contributed by atoms with Crippen LogP contribution >= 0.6 is 0 Å². The molecule has 1 aromatic heterocycles. The van der Waals surface area contributed by atoms with Gasteiger partial charge in [-0.25, -0.2) is 4.39 Å². The lowest BCUT2D eigenvalue weighted by molar-refractivity contribution is 0.0645. The van der Waals surface area contributed by atoms with Crippen molar-refractivity contribution in [3.05, 3.63) is 59.4 Å². The number of alkyl halides is 1. The van der Waals surface area contributed by atoms with Gasteiger partial charge in [0.1, 0.15) is 17.6 Å². The Morgan fingerprint density at radius 2 is 1.77 bits per heavy atom. The number of carbonyl (C=O) groups excluding carboxylic acids is 3. The van der Waals surface area contributed by atoms with E-state index in [9.17, 15) is 18.8 Å². The average Bonchev–Trinajstić information content (AvgIpc) is 2.91. The van der Waals surface area contributed by atoms with Crippen LogP contribution in [0.4, 0.5) is 4.39 Å². The van der Waals surface area contributed by atoms with Crippen LogP contribution < -0.4 is 15.4 Å². The van der Waals surface area contributed by atoms with Gasteiger partial charge in [0.2, 0.25) is 0 Å². The van der Waals surface area contributed by atoms with Gasteiger partial charge in [0.25, 0.3) is 11.8 Å². The fourth-order valence-electron chi connectivity index (χ4n) is 4.19. The zero-order valence-electron chi connectivity index (χ0n) is 20.4. The SMILES string of the molecule is CC[C@@H](NC(=O)c1ccc(C(=O)N2CCC(C(=O)c3ccc(OC)cc3)CC2)nc1)[C@H](F)CNC. The fourth-order valence-corrected chi connectivity index (χ4v) is 4.19. The summed E-state index contributed by atoms with van der Waals surface area (Å²) in [5.41, 5.74) is 1.13. The van der Waals surface area contributed by atoms with Crippen molar-refractivity contribution in [3.8, 4) is 5.75 Å². The number of piperidine rings is 1. The third-order valence-electron chi connectivity index (χ3n) is 6.36. The van der Waals surface area contributed by atoms with Gasteiger partial charge in [-0.3, -0.25) is 19.4 Å². The Bertz CT molecular complexity index is 1010. The number of amides is 2. The maximum atomic E-state index is 14.2. The van der Waals surface area contributed by atoms with Crippen LogP contribution in [0.15, 0.2) is 42.6 Å². The van der Waals surface area contributed by atoms with Crippen LogP contribution in [-0.4, -0.2) is 73.5 Å². The highest BCUT2D eigenvalue weighted by molar-refractivity contribution is 5.99. The first kappa shape index (κ1) is 26.3. The minimum atomic E-state index is -1.21. The third kappa shape index (κ3) is 6.63. The molecule has 1 aliphatic rings. The Kier molecular flexibility index (Phi) is 9.31. The fraction of sp³-hybridized carbons (Fsp3) is 0.462. The summed E-state index contributed by atoms with van der Waals surface area (Å²) in [6, 6.07) is 9.47. The van der Waals surface area contributed by atoms with E-state index in [4.69, 9.17) is 4.74 Å². The van der Waals surface area contributed by atoms with Crippen LogP contribution in [-0.2, 0) is 0 Å². The molecule has 188 valence electrons. The molecule has 1 fully saturated rings. The van der Waals surface area contributed by atoms with E-state index in [1.165, 1.54) is 18.3 Å². The number of halogens is 1. The number of nitrogens with one attached hydrogen (secondary N) is 2. The lowest BCUT2D eigenvalue weighted by Crippen LogP contribution is -2.44. The van der Waals surface area contributed by atoms with Gasteiger partial charge in [-0.2, -0.15) is 0 Å². The van der Waals surface area contributed by atoms with Crippen molar-refractivity contribution in [1.82, 2.24) is 20.5 Å². The van der Waals surface area contributed by atoms with Crippen LogP contribution in [0.5, 0.6) is 5.75 Å². The molecule has 2 amide bonds. The van der Waals surface area contributed by atoms with E-state index < -0.39 is 18.1 Å². The number of ether oxygens (including phenoxy) is 1. The average molecular weight is 485 g/mol. The molecule has 0 aliphatic carbocycles. The minimum absolute atomic E-state index is 0.0730. The molecular formula is C26H33FN4O4. The lowest BCUT2D eigenvalue weighted by Gasteiger charge is -2.31. The predicted molar refractivity (Wildman–Crippen MR) is 131 cm³/mol. The lowest BCUT2D eigenvalue weighted by atomic mass is 9.88. The third-order valence-corrected chi connectivity index (χ3v) is 6.36. The van der Waals surface area contributed by atoms with Crippen LogP contribution in [0, 0.1) is 5.92 Å². The number of hydrogen-bond donors (Lipinski definition) is 2. The monoisotopic (exact) mass is 484 g/mol. The van der Waals surface area contributed by atoms with E-state index in [1.807, 2.05) is 0 Å². The maximum absolute atomic E-state index is 14.2. The number of carbonyl (C=O) groups is 3. The molecule has 0 saturated carbocycles. The van der Waals surface area contributed by atoms with Gasteiger partial charge in [-0.05, 0) is 62.7 Å². The van der Waals surface area contributed by atoms with Gasteiger partial charge in [0.15, 0.2) is 5.78 Å². The van der Waals surface area contributed by atoms with Crippen molar-refractivity contribution in [3.63, 3.8) is 0 Å². The van der Waals surface area contributed by atoms with E-state index in [-0.39, 0.29) is 35.4 Å². The number of methoxy groups -OCH3 is 1. The summed E-state index contributed by atoms with van der Waals surface area (Å²) in [5.74, 6) is -0.0378. The molecule has 35 heavy (non-hydrogen) atoms. The summed E-state index contributed by atoms with van der Waals surface area (Å²) >= 11 is 0. The number of pyridine rings is 1. The Balaban J connectivity index is 1.54. The zero-order valence-corrected chi connectivity index (χ0v) is 20.4. The van der Waals surface area contributed by atoms with Crippen molar-refractivity contribution in [1.29, 1.82) is 0 Å². The summed E-state index contributed by atoms with van der Waals surface area (Å²) in [7, 11) is 3.23. The second kappa shape index (κ2) is 12.4. The van der Waals surface area contributed by atoms with Gasteiger partial charge < -0.3 is 20.3 Å². The smallest absolute Gasteiger partial charge is 0.272 e. The highest BCUT2D eigenvalue weighted by Gasteiger charge is 2.29. The van der Waals surface area contributed by atoms with E-state index in [1.54, 1.807) is 50.2 Å². The molecule has 2 N–H and O–H groups in total. The zero-order chi connectivity index (χ0) is 25.4. The first-order valence-corrected chi connectivity index (χ1v) is 11.9. The number of Topliss-reactive ketones (excluding diaryl/α,β-unsaturated/α-hetero) is 1. The molecule has 1 saturated heterocycles. The van der Waals surface area contributed by atoms with Crippen molar-refractivity contribution in [2.45, 2.75) is 38.4 Å². The van der Waals surface area contributed by atoms with E-state index in [2.05, 4.69) is 15.6 Å².